The Morgan fingerprint density at radius 1 is 1.29 bits per heavy atom. The molecule has 10 heteroatoms. The summed E-state index contributed by atoms with van der Waals surface area (Å²) in [5.41, 5.74) is 0.782. The fourth-order valence-corrected chi connectivity index (χ4v) is 4.40. The second-order valence-electron chi connectivity index (χ2n) is 8.20. The highest BCUT2D eigenvalue weighted by atomic mass is 16.2. The van der Waals surface area contributed by atoms with Gasteiger partial charge in [-0.25, -0.2) is 4.98 Å². The highest BCUT2D eigenvalue weighted by Gasteiger charge is 2.34. The van der Waals surface area contributed by atoms with Crippen LogP contribution < -0.4 is 20.9 Å². The Morgan fingerprint density at radius 2 is 2.23 bits per heavy atom. The first-order valence-electron chi connectivity index (χ1n) is 11.1. The quantitative estimate of drug-likeness (QED) is 0.552. The molecule has 0 aliphatic carbocycles. The van der Waals surface area contributed by atoms with Crippen LogP contribution in [0.3, 0.4) is 0 Å². The molecule has 0 spiro atoms. The van der Waals surface area contributed by atoms with Crippen molar-refractivity contribution in [2.45, 2.75) is 51.2 Å². The lowest BCUT2D eigenvalue weighted by Gasteiger charge is -2.28. The Kier molecular flexibility index (Phi) is 5.46. The molecule has 2 saturated heterocycles. The van der Waals surface area contributed by atoms with Crippen molar-refractivity contribution >= 4 is 29.3 Å². The molecule has 3 aromatic rings. The van der Waals surface area contributed by atoms with Crippen LogP contribution in [0.5, 0.6) is 0 Å². The van der Waals surface area contributed by atoms with E-state index in [4.69, 9.17) is 9.97 Å². The molecule has 2 atom stereocenters. The van der Waals surface area contributed by atoms with Crippen LogP contribution in [0.25, 0.3) is 5.65 Å². The summed E-state index contributed by atoms with van der Waals surface area (Å²) in [6, 6.07) is 3.84. The van der Waals surface area contributed by atoms with Crippen molar-refractivity contribution in [2.75, 3.05) is 29.9 Å². The van der Waals surface area contributed by atoms with Crippen molar-refractivity contribution < 1.29 is 4.79 Å². The maximum Gasteiger partial charge on any atom is 0.243 e. The number of imidazole rings is 1. The maximum atomic E-state index is 13.1. The van der Waals surface area contributed by atoms with Gasteiger partial charge in [-0.05, 0) is 51.3 Å². The number of piperidine rings is 1. The van der Waals surface area contributed by atoms with E-state index in [0.717, 1.165) is 63.3 Å². The summed E-state index contributed by atoms with van der Waals surface area (Å²) in [5, 5.41) is 9.89. The van der Waals surface area contributed by atoms with Crippen LogP contribution in [0.2, 0.25) is 0 Å². The molecule has 3 aromatic heterocycles. The third kappa shape index (κ3) is 4.07. The van der Waals surface area contributed by atoms with Crippen molar-refractivity contribution in [1.82, 2.24) is 34.6 Å². The molecule has 2 aliphatic heterocycles. The number of aryl methyl sites for hydroxylation is 1. The number of hydrogen-bond acceptors (Lipinski definition) is 7. The number of amides is 1. The molecule has 0 aromatic carbocycles. The monoisotopic (exact) mass is 423 g/mol. The van der Waals surface area contributed by atoms with Gasteiger partial charge in [-0.15, -0.1) is 0 Å². The van der Waals surface area contributed by atoms with Crippen molar-refractivity contribution in [1.29, 1.82) is 0 Å². The van der Waals surface area contributed by atoms with Gasteiger partial charge in [-0.1, -0.05) is 0 Å². The Bertz CT molecular complexity index is 1050. The van der Waals surface area contributed by atoms with Gasteiger partial charge < -0.3 is 25.4 Å². The third-order valence-electron chi connectivity index (χ3n) is 6.07. The van der Waals surface area contributed by atoms with Gasteiger partial charge in [-0.3, -0.25) is 9.20 Å². The summed E-state index contributed by atoms with van der Waals surface area (Å²) in [4.78, 5) is 29.0. The lowest BCUT2D eigenvalue weighted by molar-refractivity contribution is -0.123. The van der Waals surface area contributed by atoms with Crippen molar-refractivity contribution in [2.24, 2.45) is 0 Å². The van der Waals surface area contributed by atoms with E-state index in [2.05, 4.69) is 27.9 Å². The fraction of sp³-hybridized carbons (Fsp3) is 0.524. The van der Waals surface area contributed by atoms with Crippen LogP contribution >= 0.6 is 0 Å². The molecule has 2 aliphatic rings. The molecular weight excluding hydrogens is 394 g/mol. The van der Waals surface area contributed by atoms with E-state index in [0.29, 0.717) is 11.9 Å². The summed E-state index contributed by atoms with van der Waals surface area (Å²) in [6.07, 6.45) is 9.53. The molecule has 1 amide bonds. The number of aromatic nitrogens is 5. The molecule has 31 heavy (non-hydrogen) atoms. The average molecular weight is 424 g/mol. The van der Waals surface area contributed by atoms with E-state index in [1.807, 2.05) is 38.4 Å². The van der Waals surface area contributed by atoms with Gasteiger partial charge in [0.1, 0.15) is 11.7 Å². The average Bonchev–Trinajstić information content (AvgIpc) is 3.54. The zero-order valence-electron chi connectivity index (χ0n) is 17.8. The zero-order valence-corrected chi connectivity index (χ0v) is 17.8. The predicted molar refractivity (Wildman–Crippen MR) is 119 cm³/mol. The number of carbonyl (C=O) groups is 1. The van der Waals surface area contributed by atoms with Crippen LogP contribution in [0, 0.1) is 0 Å². The van der Waals surface area contributed by atoms with Gasteiger partial charge in [0.05, 0.1) is 6.33 Å². The highest BCUT2D eigenvalue weighted by molar-refractivity contribution is 5.85. The molecule has 164 valence electrons. The van der Waals surface area contributed by atoms with Gasteiger partial charge >= 0.3 is 0 Å². The van der Waals surface area contributed by atoms with Gasteiger partial charge in [0, 0.05) is 38.1 Å². The minimum absolute atomic E-state index is 0.0706. The van der Waals surface area contributed by atoms with E-state index in [-0.39, 0.29) is 18.0 Å². The maximum absolute atomic E-state index is 13.1. The SMILES string of the molecule is CCn1cnc(Nc2nc(N3CCC[C@H]3C(=O)N[C@@H]3CCCNC3)nc3cccn23)c1. The molecule has 0 saturated carbocycles. The molecule has 2 fully saturated rings. The van der Waals surface area contributed by atoms with E-state index < -0.39 is 0 Å². The molecule has 5 rings (SSSR count). The van der Waals surface area contributed by atoms with Gasteiger partial charge in [0.25, 0.3) is 0 Å². The number of anilines is 3. The van der Waals surface area contributed by atoms with Crippen molar-refractivity contribution in [3.63, 3.8) is 0 Å². The van der Waals surface area contributed by atoms with Crippen LogP contribution in [0.15, 0.2) is 30.9 Å². The molecule has 0 unspecified atom stereocenters. The molecule has 5 heterocycles. The van der Waals surface area contributed by atoms with E-state index in [1.165, 1.54) is 0 Å². The Balaban J connectivity index is 1.40. The number of fused-ring (bicyclic) bond motifs is 1. The minimum Gasteiger partial charge on any atom is -0.350 e. The van der Waals surface area contributed by atoms with Gasteiger partial charge in [0.15, 0.2) is 5.82 Å². The van der Waals surface area contributed by atoms with Gasteiger partial charge in [-0.2, -0.15) is 9.97 Å². The highest BCUT2D eigenvalue weighted by Crippen LogP contribution is 2.26. The summed E-state index contributed by atoms with van der Waals surface area (Å²) in [6.45, 7) is 5.55. The lowest BCUT2D eigenvalue weighted by atomic mass is 10.1. The first kappa shape index (κ1) is 19.8. The van der Waals surface area contributed by atoms with E-state index in [1.54, 1.807) is 6.33 Å². The molecule has 3 N–H and O–H groups in total. The second kappa shape index (κ2) is 8.54. The number of nitrogens with one attached hydrogen (secondary N) is 3. The Labute approximate surface area is 181 Å². The van der Waals surface area contributed by atoms with Crippen molar-refractivity contribution in [3.05, 3.63) is 30.9 Å². The zero-order chi connectivity index (χ0) is 21.2. The molecular formula is C21H29N9O. The summed E-state index contributed by atoms with van der Waals surface area (Å²) < 4.78 is 3.89. The van der Waals surface area contributed by atoms with Crippen LogP contribution in [0.4, 0.5) is 17.7 Å². The summed E-state index contributed by atoms with van der Waals surface area (Å²) in [7, 11) is 0. The number of nitrogens with zero attached hydrogens (tertiary/aromatic N) is 6. The smallest absolute Gasteiger partial charge is 0.243 e. The van der Waals surface area contributed by atoms with Crippen LogP contribution in [-0.2, 0) is 11.3 Å². The standard InChI is InChI=1S/C21H29N9O/c1-2-28-13-17(23-14-28)25-20-27-21(26-18-8-5-11-30(18)20)29-10-4-7-16(29)19(31)24-15-6-3-9-22-12-15/h5,8,11,13-16,22H,2-4,6-7,9-10,12H2,1H3,(H,24,31)(H,25,26,27)/t15-,16+/m1/s1. The number of rotatable bonds is 6. The molecule has 0 bridgehead atoms. The van der Waals surface area contributed by atoms with E-state index >= 15 is 0 Å². The molecule has 0 radical (unpaired) electrons. The van der Waals surface area contributed by atoms with Crippen molar-refractivity contribution in [3.8, 4) is 0 Å². The minimum atomic E-state index is -0.244. The predicted octanol–water partition coefficient (Wildman–Crippen LogP) is 1.53. The summed E-state index contributed by atoms with van der Waals surface area (Å²) >= 11 is 0. The summed E-state index contributed by atoms with van der Waals surface area (Å²) in [5.74, 6) is 2.00. The van der Waals surface area contributed by atoms with Crippen LogP contribution in [0.1, 0.15) is 32.6 Å². The molecule has 10 nitrogen and oxygen atoms in total. The van der Waals surface area contributed by atoms with Crippen LogP contribution in [-0.4, -0.2) is 61.5 Å². The van der Waals surface area contributed by atoms with E-state index in [9.17, 15) is 4.79 Å². The fourth-order valence-electron chi connectivity index (χ4n) is 4.40. The second-order valence-corrected chi connectivity index (χ2v) is 8.20. The number of carbonyl (C=O) groups excluding carboxylic acids is 1. The largest absolute Gasteiger partial charge is 0.350 e. The topological polar surface area (TPSA) is 104 Å². The lowest BCUT2D eigenvalue weighted by Crippen LogP contribution is -2.51. The Hall–Kier alpha value is -3.14. The third-order valence-corrected chi connectivity index (χ3v) is 6.07. The normalized spacial score (nSPS) is 21.5. The number of hydrogen-bond donors (Lipinski definition) is 3. The first-order chi connectivity index (χ1) is 15.2. The Morgan fingerprint density at radius 3 is 3.03 bits per heavy atom. The van der Waals surface area contributed by atoms with Gasteiger partial charge in [0.2, 0.25) is 17.8 Å². The first-order valence-corrected chi connectivity index (χ1v) is 11.1.